The zero-order valence-corrected chi connectivity index (χ0v) is 7.49. The Bertz CT molecular complexity index is 137. The fraction of sp³-hybridized carbons (Fsp3) is 0.500. The van der Waals surface area contributed by atoms with Crippen molar-refractivity contribution in [2.45, 2.75) is 12.5 Å². The molecule has 4 N–H and O–H groups in total. The Kier molecular flexibility index (Phi) is 7.56. The molecule has 0 aliphatic heterocycles. The van der Waals surface area contributed by atoms with Gasteiger partial charge in [-0.3, -0.25) is 9.59 Å². The zero-order chi connectivity index (χ0) is 7.44. The molecule has 0 aromatic rings. The second-order valence-electron chi connectivity index (χ2n) is 1.54. The molecule has 1 unspecified atom stereocenters. The van der Waals surface area contributed by atoms with E-state index in [1.54, 1.807) is 0 Å². The maximum absolute atomic E-state index is 9.85. The molecule has 6 heteroatoms. The molecule has 1 atom stereocenters. The summed E-state index contributed by atoms with van der Waals surface area (Å²) in [6, 6.07) is -1.29. The average Bonchev–Trinajstić information content (AvgIpc) is 1.63. The molecule has 0 saturated heterocycles. The van der Waals surface area contributed by atoms with Crippen molar-refractivity contribution in [2.24, 2.45) is 5.73 Å². The molecule has 2 radical (unpaired) electrons. The molecule has 0 aliphatic rings. The molecule has 0 aliphatic carbocycles. The van der Waals surface area contributed by atoms with E-state index in [0.717, 1.165) is 0 Å². The van der Waals surface area contributed by atoms with Crippen LogP contribution in [0.3, 0.4) is 0 Å². The molecular weight excluding hydrogens is 166 g/mol. The first-order chi connectivity index (χ1) is 4.04. The van der Waals surface area contributed by atoms with Crippen LogP contribution in [0.25, 0.3) is 0 Å². The van der Waals surface area contributed by atoms with Crippen LogP contribution in [-0.4, -0.2) is 65.9 Å². The maximum atomic E-state index is 9.85. The number of nitrogens with two attached hydrogens (primary N) is 1. The summed E-state index contributed by atoms with van der Waals surface area (Å²) >= 11 is 0. The monoisotopic (exact) mass is 173 g/mol. The summed E-state index contributed by atoms with van der Waals surface area (Å²) in [6.45, 7) is 0. The van der Waals surface area contributed by atoms with Crippen LogP contribution in [0, 0.1) is 0 Å². The first-order valence-electron chi connectivity index (χ1n) is 2.24. The van der Waals surface area contributed by atoms with Gasteiger partial charge in [0, 0.05) is 37.7 Å². The minimum Gasteiger partial charge on any atom is -0.481 e. The second-order valence-corrected chi connectivity index (χ2v) is 1.54. The maximum Gasteiger partial charge on any atom is 0.321 e. The number of carboxylic acid groups (broad SMARTS) is 2. The van der Waals surface area contributed by atoms with Crippen LogP contribution >= 0.6 is 0 Å². The number of aliphatic carboxylic acids is 2. The van der Waals surface area contributed by atoms with E-state index in [0.29, 0.717) is 0 Å². The Morgan fingerprint density at radius 3 is 1.90 bits per heavy atom. The van der Waals surface area contributed by atoms with Crippen LogP contribution in [0.15, 0.2) is 0 Å². The van der Waals surface area contributed by atoms with E-state index in [1.165, 1.54) is 0 Å². The van der Waals surface area contributed by atoms with Crippen molar-refractivity contribution in [3.8, 4) is 0 Å². The summed E-state index contributed by atoms with van der Waals surface area (Å²) < 4.78 is 0. The first kappa shape index (κ1) is 12.8. The molecular formula is C4H7CaNO4. The van der Waals surface area contributed by atoms with Crippen molar-refractivity contribution < 1.29 is 19.8 Å². The number of rotatable bonds is 3. The molecule has 54 valence electrons. The molecule has 0 spiro atoms. The van der Waals surface area contributed by atoms with Crippen molar-refractivity contribution in [1.82, 2.24) is 0 Å². The molecule has 0 amide bonds. The van der Waals surface area contributed by atoms with Gasteiger partial charge >= 0.3 is 11.9 Å². The van der Waals surface area contributed by atoms with Gasteiger partial charge in [0.25, 0.3) is 0 Å². The van der Waals surface area contributed by atoms with Crippen LogP contribution < -0.4 is 5.73 Å². The van der Waals surface area contributed by atoms with Gasteiger partial charge in [-0.1, -0.05) is 0 Å². The number of carbonyl (C=O) groups is 2. The van der Waals surface area contributed by atoms with Gasteiger partial charge < -0.3 is 15.9 Å². The van der Waals surface area contributed by atoms with Crippen molar-refractivity contribution >= 4 is 49.7 Å². The molecule has 0 aromatic heterocycles. The summed E-state index contributed by atoms with van der Waals surface area (Å²) in [5.74, 6) is -2.50. The topological polar surface area (TPSA) is 101 Å². The number of hydrogen-bond acceptors (Lipinski definition) is 3. The SMILES string of the molecule is NC(CC(=O)O)C(=O)O.[Ca]. The fourth-order valence-electron chi connectivity index (χ4n) is 0.275. The smallest absolute Gasteiger partial charge is 0.321 e. The third-order valence-corrected chi connectivity index (χ3v) is 0.712. The van der Waals surface area contributed by atoms with Gasteiger partial charge in [0.05, 0.1) is 6.42 Å². The van der Waals surface area contributed by atoms with Crippen LogP contribution in [0.5, 0.6) is 0 Å². The molecule has 10 heavy (non-hydrogen) atoms. The van der Waals surface area contributed by atoms with Gasteiger partial charge in [-0.15, -0.1) is 0 Å². The van der Waals surface area contributed by atoms with Crippen molar-refractivity contribution in [3.63, 3.8) is 0 Å². The standard InChI is InChI=1S/C4H7NO4.Ca/c5-2(4(8)9)1-3(6)7;/h2H,1,5H2,(H,6,7)(H,8,9);. The predicted molar refractivity (Wildman–Crippen MR) is 33.6 cm³/mol. The molecule has 0 aromatic carbocycles. The quantitative estimate of drug-likeness (QED) is 0.450. The molecule has 0 rings (SSSR count). The van der Waals surface area contributed by atoms with Crippen molar-refractivity contribution in [3.05, 3.63) is 0 Å². The molecule has 5 nitrogen and oxygen atoms in total. The van der Waals surface area contributed by atoms with Crippen LogP contribution in [0.2, 0.25) is 0 Å². The Morgan fingerprint density at radius 2 is 1.80 bits per heavy atom. The summed E-state index contributed by atoms with van der Waals surface area (Å²) in [5.41, 5.74) is 4.84. The molecule has 0 heterocycles. The fourth-order valence-corrected chi connectivity index (χ4v) is 0.275. The Balaban J connectivity index is 0. The summed E-state index contributed by atoms with van der Waals surface area (Å²) in [6.07, 6.45) is -0.532. The first-order valence-corrected chi connectivity index (χ1v) is 2.24. The Hall–Kier alpha value is 0.160. The number of hydrogen-bond donors (Lipinski definition) is 3. The summed E-state index contributed by atoms with van der Waals surface area (Å²) in [5, 5.41) is 16.0. The van der Waals surface area contributed by atoms with Gasteiger partial charge in [0.2, 0.25) is 0 Å². The molecule has 0 fully saturated rings. The minimum atomic E-state index is -1.29. The third-order valence-electron chi connectivity index (χ3n) is 0.712. The molecule has 0 saturated carbocycles. The van der Waals surface area contributed by atoms with E-state index in [-0.39, 0.29) is 37.7 Å². The summed E-state index contributed by atoms with van der Waals surface area (Å²) in [7, 11) is 0. The predicted octanol–water partition coefficient (Wildman–Crippen LogP) is -1.51. The van der Waals surface area contributed by atoms with Gasteiger partial charge in [0.1, 0.15) is 6.04 Å². The van der Waals surface area contributed by atoms with Gasteiger partial charge in [0.15, 0.2) is 0 Å². The summed E-state index contributed by atoms with van der Waals surface area (Å²) in [4.78, 5) is 19.6. The van der Waals surface area contributed by atoms with E-state index in [4.69, 9.17) is 15.9 Å². The average molecular weight is 173 g/mol. The van der Waals surface area contributed by atoms with Gasteiger partial charge in [-0.25, -0.2) is 0 Å². The Morgan fingerprint density at radius 1 is 1.40 bits per heavy atom. The normalized spacial score (nSPS) is 11.3. The minimum absolute atomic E-state index is 0. The molecule has 0 bridgehead atoms. The number of carboxylic acids is 2. The van der Waals surface area contributed by atoms with Gasteiger partial charge in [-0.05, 0) is 0 Å². The zero-order valence-electron chi connectivity index (χ0n) is 5.28. The van der Waals surface area contributed by atoms with E-state index in [1.807, 2.05) is 0 Å². The largest absolute Gasteiger partial charge is 0.481 e. The van der Waals surface area contributed by atoms with E-state index in [9.17, 15) is 9.59 Å². The van der Waals surface area contributed by atoms with Crippen molar-refractivity contribution in [1.29, 1.82) is 0 Å². The Labute approximate surface area is 87.2 Å². The van der Waals surface area contributed by atoms with Crippen molar-refractivity contribution in [2.75, 3.05) is 0 Å². The van der Waals surface area contributed by atoms with E-state index in [2.05, 4.69) is 0 Å². The van der Waals surface area contributed by atoms with Crippen LogP contribution in [-0.2, 0) is 9.59 Å². The third kappa shape index (κ3) is 6.28. The van der Waals surface area contributed by atoms with E-state index >= 15 is 0 Å². The van der Waals surface area contributed by atoms with Gasteiger partial charge in [-0.2, -0.15) is 0 Å². The van der Waals surface area contributed by atoms with Crippen LogP contribution in [0.4, 0.5) is 0 Å². The second kappa shape index (κ2) is 5.91. The van der Waals surface area contributed by atoms with Crippen LogP contribution in [0.1, 0.15) is 6.42 Å². The van der Waals surface area contributed by atoms with E-state index < -0.39 is 24.4 Å².